The maximum Gasteiger partial charge on any atom is 0.419 e. The van der Waals surface area contributed by atoms with Crippen molar-refractivity contribution in [3.05, 3.63) is 46.2 Å². The minimum absolute atomic E-state index is 0.0719. The summed E-state index contributed by atoms with van der Waals surface area (Å²) < 4.78 is 50.7. The third kappa shape index (κ3) is 2.85. The number of alkyl halides is 3. The average molecular weight is 292 g/mol. The number of rotatable bonds is 2. The summed E-state index contributed by atoms with van der Waals surface area (Å²) >= 11 is 0.950. The van der Waals surface area contributed by atoms with Crippen LogP contribution in [0.5, 0.6) is 0 Å². The zero-order chi connectivity index (χ0) is 14.2. The number of nitrogen functional groups attached to an aromatic ring is 1. The molecule has 0 saturated carbocycles. The van der Waals surface area contributed by atoms with Gasteiger partial charge in [-0.05, 0) is 17.7 Å². The van der Waals surface area contributed by atoms with Crippen LogP contribution in [0.2, 0.25) is 0 Å². The smallest absolute Gasteiger partial charge is 0.383 e. The summed E-state index contributed by atoms with van der Waals surface area (Å²) in [7, 11) is 0. The van der Waals surface area contributed by atoms with Crippen LogP contribution in [-0.4, -0.2) is 10.1 Å². The molecule has 1 heterocycles. The predicted molar refractivity (Wildman–Crippen MR) is 62.0 cm³/mol. The molecule has 1 aromatic carbocycles. The summed E-state index contributed by atoms with van der Waals surface area (Å²) in [5.74, 6) is -1.38. The molecule has 3 nitrogen and oxygen atoms in total. The topological polar surface area (TPSA) is 59.1 Å². The molecule has 0 saturated heterocycles. The summed E-state index contributed by atoms with van der Waals surface area (Å²) in [6.07, 6.45) is -4.87. The molecule has 0 amide bonds. The van der Waals surface area contributed by atoms with Crippen molar-refractivity contribution in [3.63, 3.8) is 0 Å². The quantitative estimate of drug-likeness (QED) is 0.837. The summed E-state index contributed by atoms with van der Waals surface area (Å²) in [5, 5.41) is 10.1. The highest BCUT2D eigenvalue weighted by molar-refractivity contribution is 7.15. The van der Waals surface area contributed by atoms with E-state index in [1.165, 1.54) is 6.20 Å². The largest absolute Gasteiger partial charge is 0.419 e. The maximum absolute atomic E-state index is 13.1. The number of anilines is 1. The van der Waals surface area contributed by atoms with Gasteiger partial charge in [0, 0.05) is 6.20 Å². The molecule has 2 aromatic rings. The molecule has 1 atom stereocenters. The van der Waals surface area contributed by atoms with Crippen LogP contribution in [0.4, 0.5) is 22.7 Å². The van der Waals surface area contributed by atoms with Gasteiger partial charge in [0.1, 0.15) is 11.9 Å². The first-order valence-electron chi connectivity index (χ1n) is 5.05. The molecule has 102 valence electrons. The van der Waals surface area contributed by atoms with Crippen molar-refractivity contribution in [2.45, 2.75) is 12.3 Å². The fraction of sp³-hybridized carbons (Fsp3) is 0.182. The number of aromatic nitrogens is 1. The molecule has 8 heteroatoms. The highest BCUT2D eigenvalue weighted by Crippen LogP contribution is 2.35. The fourth-order valence-electron chi connectivity index (χ4n) is 1.52. The molecular weight excluding hydrogens is 284 g/mol. The fourth-order valence-corrected chi connectivity index (χ4v) is 2.22. The number of thiazole rings is 1. The van der Waals surface area contributed by atoms with Gasteiger partial charge < -0.3 is 10.8 Å². The minimum Gasteiger partial charge on any atom is -0.383 e. The molecule has 0 aliphatic heterocycles. The first kappa shape index (κ1) is 13.8. The van der Waals surface area contributed by atoms with Crippen LogP contribution in [0.3, 0.4) is 0 Å². The molecule has 0 aliphatic rings. The van der Waals surface area contributed by atoms with Crippen LogP contribution in [0.25, 0.3) is 0 Å². The third-order valence-corrected chi connectivity index (χ3v) is 3.30. The van der Waals surface area contributed by atoms with Gasteiger partial charge in [-0.3, -0.25) is 0 Å². The Labute approximate surface area is 109 Å². The second kappa shape index (κ2) is 4.78. The van der Waals surface area contributed by atoms with Crippen LogP contribution >= 0.6 is 11.3 Å². The van der Waals surface area contributed by atoms with Crippen molar-refractivity contribution in [2.24, 2.45) is 0 Å². The summed E-state index contributed by atoms with van der Waals surface area (Å²) in [4.78, 5) is 3.98. The van der Waals surface area contributed by atoms with Gasteiger partial charge in [-0.15, -0.1) is 0 Å². The van der Waals surface area contributed by atoms with E-state index in [0.29, 0.717) is 12.1 Å². The van der Waals surface area contributed by atoms with E-state index in [1.54, 1.807) is 0 Å². The van der Waals surface area contributed by atoms with Crippen LogP contribution in [-0.2, 0) is 6.18 Å². The van der Waals surface area contributed by atoms with Gasteiger partial charge in [0.05, 0.1) is 10.4 Å². The van der Waals surface area contributed by atoms with Crippen molar-refractivity contribution in [1.82, 2.24) is 4.98 Å². The minimum atomic E-state index is -4.81. The zero-order valence-corrected chi connectivity index (χ0v) is 10.1. The van der Waals surface area contributed by atoms with Gasteiger partial charge in [0.2, 0.25) is 0 Å². The number of hydrogen-bond acceptors (Lipinski definition) is 4. The van der Waals surface area contributed by atoms with Gasteiger partial charge in [0.15, 0.2) is 5.13 Å². The van der Waals surface area contributed by atoms with Gasteiger partial charge in [-0.2, -0.15) is 13.2 Å². The van der Waals surface area contributed by atoms with Gasteiger partial charge in [0.25, 0.3) is 0 Å². The first-order valence-corrected chi connectivity index (χ1v) is 5.86. The van der Waals surface area contributed by atoms with E-state index < -0.39 is 23.7 Å². The number of nitrogens with two attached hydrogens (primary N) is 1. The number of aliphatic hydroxyl groups excluding tert-OH is 1. The summed E-state index contributed by atoms with van der Waals surface area (Å²) in [6.45, 7) is 0. The Kier molecular flexibility index (Phi) is 3.46. The van der Waals surface area contributed by atoms with Crippen LogP contribution in [0.1, 0.15) is 22.1 Å². The highest BCUT2D eigenvalue weighted by atomic mass is 32.1. The SMILES string of the molecule is Nc1ncc(C(O)c2ccc(F)c(C(F)(F)F)c2)s1. The van der Waals surface area contributed by atoms with E-state index in [0.717, 1.165) is 17.4 Å². The van der Waals surface area contributed by atoms with E-state index in [4.69, 9.17) is 5.73 Å². The van der Waals surface area contributed by atoms with Crippen molar-refractivity contribution < 1.29 is 22.7 Å². The zero-order valence-electron chi connectivity index (χ0n) is 9.28. The molecule has 0 fully saturated rings. The second-order valence-electron chi connectivity index (χ2n) is 3.74. The van der Waals surface area contributed by atoms with Crippen molar-refractivity contribution in [2.75, 3.05) is 5.73 Å². The lowest BCUT2D eigenvalue weighted by Crippen LogP contribution is -2.10. The maximum atomic E-state index is 13.1. The molecule has 0 spiro atoms. The number of benzene rings is 1. The Balaban J connectivity index is 2.41. The van der Waals surface area contributed by atoms with Crippen LogP contribution in [0, 0.1) is 5.82 Å². The van der Waals surface area contributed by atoms with Crippen LogP contribution < -0.4 is 5.73 Å². The molecule has 0 bridgehead atoms. The van der Waals surface area contributed by atoms with Gasteiger partial charge in [-0.25, -0.2) is 9.37 Å². The van der Waals surface area contributed by atoms with E-state index in [2.05, 4.69) is 4.98 Å². The highest BCUT2D eigenvalue weighted by Gasteiger charge is 2.34. The Bertz CT molecular complexity index is 597. The van der Waals surface area contributed by atoms with Crippen LogP contribution in [0.15, 0.2) is 24.4 Å². The molecular formula is C11H8F4N2OS. The number of aliphatic hydroxyl groups is 1. The van der Waals surface area contributed by atoms with E-state index in [9.17, 15) is 22.7 Å². The number of hydrogen-bond donors (Lipinski definition) is 2. The van der Waals surface area contributed by atoms with Gasteiger partial charge in [-0.1, -0.05) is 17.4 Å². The Hall–Kier alpha value is -1.67. The lowest BCUT2D eigenvalue weighted by molar-refractivity contribution is -0.140. The molecule has 0 radical (unpaired) electrons. The Morgan fingerprint density at radius 3 is 2.53 bits per heavy atom. The number of halogens is 4. The lowest BCUT2D eigenvalue weighted by atomic mass is 10.0. The summed E-state index contributed by atoms with van der Waals surface area (Å²) in [5.41, 5.74) is 3.89. The van der Waals surface area contributed by atoms with Crippen molar-refractivity contribution >= 4 is 16.5 Å². The average Bonchev–Trinajstić information content (AvgIpc) is 2.74. The molecule has 0 aliphatic carbocycles. The molecule has 1 unspecified atom stereocenters. The van der Waals surface area contributed by atoms with E-state index in [1.807, 2.05) is 0 Å². The molecule has 1 aromatic heterocycles. The predicted octanol–water partition coefficient (Wildman–Crippen LogP) is 2.96. The van der Waals surface area contributed by atoms with Crippen molar-refractivity contribution in [3.8, 4) is 0 Å². The molecule has 3 N–H and O–H groups in total. The second-order valence-corrected chi connectivity index (χ2v) is 4.83. The standard InChI is InChI=1S/C11H8F4N2OS/c12-7-2-1-5(3-6(7)11(13,14)15)9(18)8-4-17-10(16)19-8/h1-4,9,18H,(H2,16,17). The van der Waals surface area contributed by atoms with E-state index >= 15 is 0 Å². The molecule has 2 rings (SSSR count). The normalized spacial score (nSPS) is 13.5. The Morgan fingerprint density at radius 2 is 2.00 bits per heavy atom. The summed E-state index contributed by atoms with van der Waals surface area (Å²) in [6, 6.07) is 2.34. The van der Waals surface area contributed by atoms with E-state index in [-0.39, 0.29) is 15.6 Å². The number of nitrogens with zero attached hydrogens (tertiary/aromatic N) is 1. The molecule has 19 heavy (non-hydrogen) atoms. The lowest BCUT2D eigenvalue weighted by Gasteiger charge is -2.13. The van der Waals surface area contributed by atoms with Gasteiger partial charge >= 0.3 is 6.18 Å². The Morgan fingerprint density at radius 1 is 1.32 bits per heavy atom. The third-order valence-electron chi connectivity index (χ3n) is 2.42. The monoisotopic (exact) mass is 292 g/mol. The first-order chi connectivity index (χ1) is 8.79. The van der Waals surface area contributed by atoms with Crippen molar-refractivity contribution in [1.29, 1.82) is 0 Å².